The highest BCUT2D eigenvalue weighted by Gasteiger charge is 2.23. The molecule has 0 aliphatic rings. The number of rotatable bonds is 3. The van der Waals surface area contributed by atoms with Gasteiger partial charge in [-0.2, -0.15) is 0 Å². The molecule has 3 heteroatoms. The summed E-state index contributed by atoms with van der Waals surface area (Å²) in [6.07, 6.45) is 0. The number of hydrogen-bond donors (Lipinski definition) is 0. The SMILES string of the molecule is c1ccc(-n2c3ccccc3c3cc4c5ccccc5n(-c5cc(-n6c7ccccc7c7ccccc76)cc6c7ccccc7c7ccccc7c56)c4cc32)cc1. The van der Waals surface area contributed by atoms with Crippen molar-refractivity contribution in [3.63, 3.8) is 0 Å². The molecule has 0 spiro atoms. The normalized spacial score (nSPS) is 12.2. The van der Waals surface area contributed by atoms with Crippen molar-refractivity contribution in [2.75, 3.05) is 0 Å². The Hall–Kier alpha value is -7.62. The van der Waals surface area contributed by atoms with Crippen LogP contribution in [0.3, 0.4) is 0 Å². The van der Waals surface area contributed by atoms with Gasteiger partial charge in [0.25, 0.3) is 0 Å². The zero-order valence-electron chi connectivity index (χ0n) is 30.9. The molecule has 13 rings (SSSR count). The molecule has 0 radical (unpaired) electrons. The summed E-state index contributed by atoms with van der Waals surface area (Å²) in [5.74, 6) is 0. The average molecular weight is 724 g/mol. The average Bonchev–Trinajstić information content (AvgIpc) is 3.91. The fourth-order valence-electron chi connectivity index (χ4n) is 10.0. The summed E-state index contributed by atoms with van der Waals surface area (Å²) in [5, 5.41) is 15.0. The van der Waals surface area contributed by atoms with E-state index in [1.54, 1.807) is 0 Å². The Balaban J connectivity index is 1.26. The van der Waals surface area contributed by atoms with Crippen LogP contribution in [0.5, 0.6) is 0 Å². The minimum Gasteiger partial charge on any atom is -0.309 e. The van der Waals surface area contributed by atoms with Gasteiger partial charge >= 0.3 is 0 Å². The Morgan fingerprint density at radius 2 is 0.596 bits per heavy atom. The first-order chi connectivity index (χ1) is 28.3. The first-order valence-corrected chi connectivity index (χ1v) is 19.7. The van der Waals surface area contributed by atoms with Crippen LogP contribution in [-0.4, -0.2) is 13.7 Å². The number of aromatic nitrogens is 3. The van der Waals surface area contributed by atoms with Crippen LogP contribution >= 0.6 is 0 Å². The second kappa shape index (κ2) is 11.5. The van der Waals surface area contributed by atoms with E-state index in [4.69, 9.17) is 0 Å². The van der Waals surface area contributed by atoms with Crippen molar-refractivity contribution in [3.05, 3.63) is 200 Å². The predicted molar refractivity (Wildman–Crippen MR) is 242 cm³/mol. The van der Waals surface area contributed by atoms with E-state index in [1.807, 2.05) is 0 Å². The minimum absolute atomic E-state index is 1.14. The van der Waals surface area contributed by atoms with Crippen LogP contribution in [-0.2, 0) is 0 Å². The van der Waals surface area contributed by atoms with Crippen molar-refractivity contribution in [2.24, 2.45) is 0 Å². The van der Waals surface area contributed by atoms with Gasteiger partial charge in [0, 0.05) is 49.1 Å². The quantitative estimate of drug-likeness (QED) is 0.161. The molecule has 0 amide bonds. The van der Waals surface area contributed by atoms with Crippen molar-refractivity contribution in [2.45, 2.75) is 0 Å². The van der Waals surface area contributed by atoms with Crippen LogP contribution in [0, 0.1) is 0 Å². The molecule has 3 heterocycles. The second-order valence-corrected chi connectivity index (χ2v) is 15.3. The molecule has 0 fully saturated rings. The topological polar surface area (TPSA) is 14.8 Å². The van der Waals surface area contributed by atoms with Crippen LogP contribution in [0.4, 0.5) is 0 Å². The standard InChI is InChI=1S/C54H33N3/c1-2-16-34(17-3-1)55-49-28-14-10-23-41(49)44-32-45-42-24-11-15-29-50(42)57(52(45)33-51(44)55)53-31-35(56-47-26-12-8-21-39(47)40-22-9-13-27-48(40)56)30-46-38-20-5-4-18-36(38)37-19-6-7-25-43(37)54(46)53/h1-33H. The fourth-order valence-corrected chi connectivity index (χ4v) is 10.0. The zero-order chi connectivity index (χ0) is 37.2. The maximum atomic E-state index is 2.55. The van der Waals surface area contributed by atoms with E-state index in [2.05, 4.69) is 214 Å². The lowest BCUT2D eigenvalue weighted by Gasteiger charge is -2.19. The van der Waals surface area contributed by atoms with Crippen molar-refractivity contribution in [1.29, 1.82) is 0 Å². The Morgan fingerprint density at radius 1 is 0.211 bits per heavy atom. The van der Waals surface area contributed by atoms with Crippen LogP contribution in [0.25, 0.3) is 115 Å². The lowest BCUT2D eigenvalue weighted by Crippen LogP contribution is -2.01. The molecule has 57 heavy (non-hydrogen) atoms. The van der Waals surface area contributed by atoms with Gasteiger partial charge in [-0.15, -0.1) is 0 Å². The molecule has 3 aromatic heterocycles. The molecule has 10 aromatic carbocycles. The highest BCUT2D eigenvalue weighted by molar-refractivity contribution is 6.29. The van der Waals surface area contributed by atoms with Crippen LogP contribution in [0.1, 0.15) is 0 Å². The summed E-state index contributed by atoms with van der Waals surface area (Å²) in [6.45, 7) is 0. The van der Waals surface area contributed by atoms with Gasteiger partial charge < -0.3 is 13.7 Å². The van der Waals surface area contributed by atoms with Crippen LogP contribution < -0.4 is 0 Å². The van der Waals surface area contributed by atoms with Gasteiger partial charge in [0.15, 0.2) is 0 Å². The van der Waals surface area contributed by atoms with Gasteiger partial charge in [-0.3, -0.25) is 0 Å². The Bertz CT molecular complexity index is 3750. The number of nitrogens with zero attached hydrogens (tertiary/aromatic N) is 3. The molecular weight excluding hydrogens is 691 g/mol. The van der Waals surface area contributed by atoms with Crippen molar-refractivity contribution in [3.8, 4) is 17.1 Å². The minimum atomic E-state index is 1.14. The maximum Gasteiger partial charge on any atom is 0.0567 e. The van der Waals surface area contributed by atoms with Crippen molar-refractivity contribution in [1.82, 2.24) is 13.7 Å². The smallest absolute Gasteiger partial charge is 0.0567 e. The van der Waals surface area contributed by atoms with Gasteiger partial charge in [0.2, 0.25) is 0 Å². The molecule has 3 nitrogen and oxygen atoms in total. The highest BCUT2D eigenvalue weighted by Crippen LogP contribution is 2.45. The lowest BCUT2D eigenvalue weighted by atomic mass is 9.92. The van der Waals surface area contributed by atoms with E-state index in [1.165, 1.54) is 103 Å². The van der Waals surface area contributed by atoms with Crippen molar-refractivity contribution >= 4 is 97.7 Å². The molecule has 264 valence electrons. The summed E-state index contributed by atoms with van der Waals surface area (Å²) in [7, 11) is 0. The van der Waals surface area contributed by atoms with Crippen molar-refractivity contribution < 1.29 is 0 Å². The summed E-state index contributed by atoms with van der Waals surface area (Å²) < 4.78 is 7.45. The molecule has 0 saturated heterocycles. The third kappa shape index (κ3) is 4.15. The fraction of sp³-hybridized carbons (Fsp3) is 0. The summed E-state index contributed by atoms with van der Waals surface area (Å²) in [6, 6.07) is 73.9. The molecule has 13 aromatic rings. The number of fused-ring (bicyclic) bond motifs is 15. The largest absolute Gasteiger partial charge is 0.309 e. The van der Waals surface area contributed by atoms with E-state index >= 15 is 0 Å². The monoisotopic (exact) mass is 723 g/mol. The predicted octanol–water partition coefficient (Wildman–Crippen LogP) is 14.4. The molecule has 0 saturated carbocycles. The lowest BCUT2D eigenvalue weighted by molar-refractivity contribution is 1.15. The van der Waals surface area contributed by atoms with Gasteiger partial charge in [-0.05, 0) is 87.6 Å². The Kier molecular flexibility index (Phi) is 6.16. The molecular formula is C54H33N3. The third-order valence-electron chi connectivity index (χ3n) is 12.4. The number of hydrogen-bond acceptors (Lipinski definition) is 0. The number of benzene rings is 10. The highest BCUT2D eigenvalue weighted by atomic mass is 15.0. The van der Waals surface area contributed by atoms with E-state index in [9.17, 15) is 0 Å². The molecule has 0 atom stereocenters. The van der Waals surface area contributed by atoms with Crippen LogP contribution in [0.15, 0.2) is 200 Å². The Labute approximate surface area is 327 Å². The molecule has 0 N–H and O–H groups in total. The van der Waals surface area contributed by atoms with Crippen LogP contribution in [0.2, 0.25) is 0 Å². The van der Waals surface area contributed by atoms with E-state index in [0.29, 0.717) is 0 Å². The van der Waals surface area contributed by atoms with Gasteiger partial charge in [-0.1, -0.05) is 140 Å². The van der Waals surface area contributed by atoms with E-state index in [0.717, 1.165) is 11.4 Å². The molecule has 0 aliphatic heterocycles. The van der Waals surface area contributed by atoms with E-state index < -0.39 is 0 Å². The van der Waals surface area contributed by atoms with Gasteiger partial charge in [-0.25, -0.2) is 0 Å². The third-order valence-corrected chi connectivity index (χ3v) is 12.4. The molecule has 0 unspecified atom stereocenters. The second-order valence-electron chi connectivity index (χ2n) is 15.3. The summed E-state index contributed by atoms with van der Waals surface area (Å²) >= 11 is 0. The Morgan fingerprint density at radius 3 is 1.16 bits per heavy atom. The first-order valence-electron chi connectivity index (χ1n) is 19.7. The van der Waals surface area contributed by atoms with E-state index in [-0.39, 0.29) is 0 Å². The first kappa shape index (κ1) is 30.7. The summed E-state index contributed by atoms with van der Waals surface area (Å²) in [5.41, 5.74) is 10.6. The number of para-hydroxylation sites is 5. The molecule has 0 bridgehead atoms. The van der Waals surface area contributed by atoms with Gasteiger partial charge in [0.1, 0.15) is 0 Å². The maximum absolute atomic E-state index is 2.55. The van der Waals surface area contributed by atoms with Gasteiger partial charge in [0.05, 0.1) is 38.8 Å². The summed E-state index contributed by atoms with van der Waals surface area (Å²) in [4.78, 5) is 0. The molecule has 0 aliphatic carbocycles. The zero-order valence-corrected chi connectivity index (χ0v) is 30.9.